The third-order valence-corrected chi connectivity index (χ3v) is 4.71. The first-order chi connectivity index (χ1) is 12.2. The fourth-order valence-corrected chi connectivity index (χ4v) is 3.06. The van der Waals surface area contributed by atoms with E-state index in [9.17, 15) is 4.79 Å². The van der Waals surface area contributed by atoms with E-state index in [-0.39, 0.29) is 11.9 Å². The summed E-state index contributed by atoms with van der Waals surface area (Å²) in [6.45, 7) is 2.54. The maximum Gasteiger partial charge on any atom is 0.266 e. The molecule has 2 unspecified atom stereocenters. The SMILES string of the molecule is CCc1ccccc1OC(C(=O)NC(CN)C1CC1)c1ccccc1. The maximum atomic E-state index is 13.0. The summed E-state index contributed by atoms with van der Waals surface area (Å²) < 4.78 is 6.18. The third-order valence-electron chi connectivity index (χ3n) is 4.71. The molecule has 1 aliphatic carbocycles. The van der Waals surface area contributed by atoms with E-state index in [2.05, 4.69) is 12.2 Å². The van der Waals surface area contributed by atoms with Crippen LogP contribution in [-0.2, 0) is 11.2 Å². The molecule has 25 heavy (non-hydrogen) atoms. The minimum absolute atomic E-state index is 0.0312. The number of nitrogens with one attached hydrogen (secondary N) is 1. The Hall–Kier alpha value is -2.33. The number of hydrogen-bond acceptors (Lipinski definition) is 3. The molecule has 2 aromatic carbocycles. The van der Waals surface area contributed by atoms with Gasteiger partial charge in [-0.15, -0.1) is 0 Å². The Morgan fingerprint density at radius 2 is 1.84 bits per heavy atom. The predicted octanol–water partition coefficient (Wildman–Crippen LogP) is 3.22. The van der Waals surface area contributed by atoms with Crippen molar-refractivity contribution in [3.63, 3.8) is 0 Å². The number of nitrogens with two attached hydrogens (primary N) is 1. The maximum absolute atomic E-state index is 13.0. The summed E-state index contributed by atoms with van der Waals surface area (Å²) in [5.41, 5.74) is 7.78. The average molecular weight is 338 g/mol. The fraction of sp³-hybridized carbons (Fsp3) is 0.381. The van der Waals surface area contributed by atoms with Crippen LogP contribution in [0, 0.1) is 5.92 Å². The predicted molar refractivity (Wildman–Crippen MR) is 99.3 cm³/mol. The number of amides is 1. The van der Waals surface area contributed by atoms with Crippen molar-refractivity contribution >= 4 is 5.91 Å². The van der Waals surface area contributed by atoms with Crippen molar-refractivity contribution in [1.82, 2.24) is 5.32 Å². The van der Waals surface area contributed by atoms with Crippen LogP contribution in [0.4, 0.5) is 0 Å². The number of hydrogen-bond donors (Lipinski definition) is 2. The number of aryl methyl sites for hydroxylation is 1. The van der Waals surface area contributed by atoms with E-state index in [0.717, 1.165) is 36.1 Å². The van der Waals surface area contributed by atoms with Gasteiger partial charge in [0.25, 0.3) is 5.91 Å². The van der Waals surface area contributed by atoms with E-state index in [1.807, 2.05) is 54.6 Å². The fourth-order valence-electron chi connectivity index (χ4n) is 3.06. The molecular formula is C21H26N2O2. The average Bonchev–Trinajstić information content (AvgIpc) is 3.50. The highest BCUT2D eigenvalue weighted by Crippen LogP contribution is 2.33. The molecule has 2 atom stereocenters. The lowest BCUT2D eigenvalue weighted by Gasteiger charge is -2.24. The van der Waals surface area contributed by atoms with Gasteiger partial charge in [0.1, 0.15) is 5.75 Å². The summed E-state index contributed by atoms with van der Waals surface area (Å²) in [5, 5.41) is 3.10. The molecule has 0 saturated heterocycles. The molecule has 0 spiro atoms. The van der Waals surface area contributed by atoms with E-state index in [4.69, 9.17) is 10.5 Å². The van der Waals surface area contributed by atoms with Gasteiger partial charge in [0.2, 0.25) is 6.10 Å². The highest BCUT2D eigenvalue weighted by molar-refractivity contribution is 5.83. The molecular weight excluding hydrogens is 312 g/mol. The van der Waals surface area contributed by atoms with Crippen molar-refractivity contribution in [3.05, 3.63) is 65.7 Å². The number of para-hydroxylation sites is 1. The van der Waals surface area contributed by atoms with E-state index >= 15 is 0 Å². The van der Waals surface area contributed by atoms with E-state index in [0.29, 0.717) is 12.5 Å². The Labute approximate surface area is 149 Å². The summed E-state index contributed by atoms with van der Waals surface area (Å²) in [5.74, 6) is 1.14. The Balaban J connectivity index is 1.83. The van der Waals surface area contributed by atoms with Gasteiger partial charge in [-0.05, 0) is 36.8 Å². The van der Waals surface area contributed by atoms with E-state index < -0.39 is 6.10 Å². The van der Waals surface area contributed by atoms with E-state index in [1.165, 1.54) is 0 Å². The van der Waals surface area contributed by atoms with Crippen LogP contribution < -0.4 is 15.8 Å². The van der Waals surface area contributed by atoms with Gasteiger partial charge in [0, 0.05) is 18.2 Å². The van der Waals surface area contributed by atoms with Crippen molar-refractivity contribution in [2.24, 2.45) is 11.7 Å². The summed E-state index contributed by atoms with van der Waals surface area (Å²) in [4.78, 5) is 13.0. The van der Waals surface area contributed by atoms with Gasteiger partial charge in [0.05, 0.1) is 0 Å². The second-order valence-corrected chi connectivity index (χ2v) is 6.56. The molecule has 3 N–H and O–H groups in total. The van der Waals surface area contributed by atoms with Gasteiger partial charge in [0.15, 0.2) is 0 Å². The van der Waals surface area contributed by atoms with Crippen molar-refractivity contribution in [3.8, 4) is 5.75 Å². The van der Waals surface area contributed by atoms with Crippen molar-refractivity contribution < 1.29 is 9.53 Å². The van der Waals surface area contributed by atoms with Gasteiger partial charge in [-0.1, -0.05) is 55.5 Å². The van der Waals surface area contributed by atoms with Gasteiger partial charge in [-0.2, -0.15) is 0 Å². The smallest absolute Gasteiger partial charge is 0.266 e. The molecule has 0 bridgehead atoms. The Bertz CT molecular complexity index is 698. The van der Waals surface area contributed by atoms with E-state index in [1.54, 1.807) is 0 Å². The number of carbonyl (C=O) groups is 1. The van der Waals surface area contributed by atoms with Crippen LogP contribution in [0.25, 0.3) is 0 Å². The normalized spacial score (nSPS) is 16.1. The first-order valence-electron chi connectivity index (χ1n) is 9.02. The van der Waals surface area contributed by atoms with Gasteiger partial charge in [-0.25, -0.2) is 0 Å². The lowest BCUT2D eigenvalue weighted by molar-refractivity contribution is -0.129. The molecule has 0 radical (unpaired) electrons. The van der Waals surface area contributed by atoms with Crippen LogP contribution >= 0.6 is 0 Å². The first-order valence-corrected chi connectivity index (χ1v) is 9.02. The lowest BCUT2D eigenvalue weighted by Crippen LogP contribution is -2.45. The Kier molecular flexibility index (Phi) is 5.71. The molecule has 1 aliphatic rings. The molecule has 1 amide bonds. The molecule has 4 nitrogen and oxygen atoms in total. The standard InChI is InChI=1S/C21H26N2O2/c1-2-15-8-6-7-11-19(15)25-20(17-9-4-3-5-10-17)21(24)23-18(14-22)16-12-13-16/h3-11,16,18,20H,2,12-14,22H2,1H3,(H,23,24). The number of ether oxygens (including phenoxy) is 1. The third kappa shape index (κ3) is 4.40. The number of carbonyl (C=O) groups excluding carboxylic acids is 1. The highest BCUT2D eigenvalue weighted by atomic mass is 16.5. The number of rotatable bonds is 8. The van der Waals surface area contributed by atoms with Crippen LogP contribution in [-0.4, -0.2) is 18.5 Å². The van der Waals surface area contributed by atoms with Crippen LogP contribution in [0.1, 0.15) is 37.0 Å². The van der Waals surface area contributed by atoms with Crippen molar-refractivity contribution in [1.29, 1.82) is 0 Å². The zero-order valence-electron chi connectivity index (χ0n) is 14.7. The largest absolute Gasteiger partial charge is 0.476 e. The van der Waals surface area contributed by atoms with Crippen LogP contribution in [0.2, 0.25) is 0 Å². The van der Waals surface area contributed by atoms with Crippen LogP contribution in [0.3, 0.4) is 0 Å². The summed E-state index contributed by atoms with van der Waals surface area (Å²) >= 11 is 0. The topological polar surface area (TPSA) is 64.3 Å². The van der Waals surface area contributed by atoms with Crippen molar-refractivity contribution in [2.45, 2.75) is 38.3 Å². The summed E-state index contributed by atoms with van der Waals surface area (Å²) in [6.07, 6.45) is 2.45. The zero-order chi connectivity index (χ0) is 17.6. The monoisotopic (exact) mass is 338 g/mol. The minimum atomic E-state index is -0.679. The molecule has 3 rings (SSSR count). The van der Waals surface area contributed by atoms with Crippen molar-refractivity contribution in [2.75, 3.05) is 6.54 Å². The first kappa shape index (κ1) is 17.5. The second-order valence-electron chi connectivity index (χ2n) is 6.56. The van der Waals surface area contributed by atoms with Crippen LogP contribution in [0.15, 0.2) is 54.6 Å². The molecule has 2 aromatic rings. The number of benzene rings is 2. The van der Waals surface area contributed by atoms with Gasteiger partial charge >= 0.3 is 0 Å². The Morgan fingerprint density at radius 1 is 1.16 bits per heavy atom. The summed E-state index contributed by atoms with van der Waals surface area (Å²) in [6, 6.07) is 17.5. The van der Waals surface area contributed by atoms with Crippen LogP contribution in [0.5, 0.6) is 5.75 Å². The molecule has 132 valence electrons. The summed E-state index contributed by atoms with van der Waals surface area (Å²) in [7, 11) is 0. The molecule has 0 heterocycles. The lowest BCUT2D eigenvalue weighted by atomic mass is 10.1. The molecule has 1 saturated carbocycles. The minimum Gasteiger partial charge on any atom is -0.476 e. The van der Waals surface area contributed by atoms with Gasteiger partial charge in [-0.3, -0.25) is 4.79 Å². The molecule has 0 aromatic heterocycles. The Morgan fingerprint density at radius 3 is 2.48 bits per heavy atom. The zero-order valence-corrected chi connectivity index (χ0v) is 14.7. The molecule has 0 aliphatic heterocycles. The highest BCUT2D eigenvalue weighted by Gasteiger charge is 2.33. The molecule has 4 heteroatoms. The quantitative estimate of drug-likeness (QED) is 0.777. The molecule has 1 fully saturated rings. The van der Waals surface area contributed by atoms with Gasteiger partial charge < -0.3 is 15.8 Å². The second kappa shape index (κ2) is 8.17.